The van der Waals surface area contributed by atoms with Gasteiger partial charge in [0.2, 0.25) is 0 Å². The van der Waals surface area contributed by atoms with Crippen molar-refractivity contribution in [1.29, 1.82) is 0 Å². The minimum atomic E-state index is 0.409. The first-order valence-electron chi connectivity index (χ1n) is 8.18. The summed E-state index contributed by atoms with van der Waals surface area (Å²) in [6.45, 7) is 8.59. The molecule has 1 fully saturated rings. The average molecular weight is 295 g/mol. The fourth-order valence-electron chi connectivity index (χ4n) is 3.03. The zero-order chi connectivity index (χ0) is 15.1. The molecule has 1 aliphatic rings. The van der Waals surface area contributed by atoms with Crippen molar-refractivity contribution >= 4 is 0 Å². The normalized spacial score (nSPS) is 19.1. The molecule has 1 unspecified atom stereocenters. The predicted octanol–water partition coefficient (Wildman–Crippen LogP) is 2.10. The molecule has 0 amide bonds. The Hall–Kier alpha value is -0.910. The summed E-state index contributed by atoms with van der Waals surface area (Å²) < 4.78 is 13.0. The fraction of sp³-hybridized carbons (Fsp3) is 0.812. The zero-order valence-corrected chi connectivity index (χ0v) is 13.7. The van der Waals surface area contributed by atoms with Gasteiger partial charge < -0.3 is 14.8 Å². The monoisotopic (exact) mass is 295 g/mol. The molecule has 2 rings (SSSR count). The molecule has 0 bridgehead atoms. The van der Waals surface area contributed by atoms with E-state index in [1.54, 1.807) is 7.11 Å². The van der Waals surface area contributed by atoms with Gasteiger partial charge in [-0.05, 0) is 25.7 Å². The highest BCUT2D eigenvalue weighted by Gasteiger charge is 2.23. The highest BCUT2D eigenvalue weighted by atomic mass is 16.5. The molecule has 0 spiro atoms. The smallest absolute Gasteiger partial charge is 0.0756 e. The second kappa shape index (κ2) is 8.51. The molecule has 1 atom stereocenters. The number of methoxy groups -OCH3 is 1. The summed E-state index contributed by atoms with van der Waals surface area (Å²) >= 11 is 0. The third-order valence-corrected chi connectivity index (χ3v) is 4.14. The summed E-state index contributed by atoms with van der Waals surface area (Å²) in [5, 5.41) is 8.35. The minimum absolute atomic E-state index is 0.409. The van der Waals surface area contributed by atoms with Gasteiger partial charge in [-0.25, -0.2) is 0 Å². The molecule has 1 aromatic heterocycles. The largest absolute Gasteiger partial charge is 0.383 e. The maximum Gasteiger partial charge on any atom is 0.0756 e. The van der Waals surface area contributed by atoms with Crippen LogP contribution >= 0.6 is 0 Å². The molecule has 21 heavy (non-hydrogen) atoms. The van der Waals surface area contributed by atoms with E-state index in [0.29, 0.717) is 6.04 Å². The van der Waals surface area contributed by atoms with Gasteiger partial charge in [-0.15, -0.1) is 0 Å². The van der Waals surface area contributed by atoms with E-state index >= 15 is 0 Å². The number of rotatable bonds is 8. The molecule has 0 saturated carbocycles. The molecule has 0 radical (unpaired) electrons. The van der Waals surface area contributed by atoms with E-state index in [1.807, 2.05) is 0 Å². The van der Waals surface area contributed by atoms with Gasteiger partial charge in [0.15, 0.2) is 0 Å². The molecule has 5 nitrogen and oxygen atoms in total. The highest BCUT2D eigenvalue weighted by molar-refractivity contribution is 5.27. The number of aromatic nitrogens is 2. The predicted molar refractivity (Wildman–Crippen MR) is 83.7 cm³/mol. The first-order chi connectivity index (χ1) is 10.3. The van der Waals surface area contributed by atoms with Crippen LogP contribution in [-0.4, -0.2) is 43.3 Å². The Morgan fingerprint density at radius 3 is 2.86 bits per heavy atom. The van der Waals surface area contributed by atoms with Crippen molar-refractivity contribution in [1.82, 2.24) is 15.1 Å². The van der Waals surface area contributed by atoms with Crippen molar-refractivity contribution < 1.29 is 9.47 Å². The Kier molecular flexibility index (Phi) is 6.67. The van der Waals surface area contributed by atoms with E-state index < -0.39 is 0 Å². The summed E-state index contributed by atoms with van der Waals surface area (Å²) in [6, 6.07) is 0.409. The Labute approximate surface area is 128 Å². The zero-order valence-electron chi connectivity index (χ0n) is 13.7. The van der Waals surface area contributed by atoms with E-state index in [0.717, 1.165) is 52.2 Å². The van der Waals surface area contributed by atoms with E-state index in [-0.39, 0.29) is 0 Å². The summed E-state index contributed by atoms with van der Waals surface area (Å²) in [4.78, 5) is 0. The van der Waals surface area contributed by atoms with Crippen LogP contribution in [0.3, 0.4) is 0 Å². The van der Waals surface area contributed by atoms with Crippen LogP contribution in [-0.2, 0) is 28.9 Å². The first-order valence-corrected chi connectivity index (χ1v) is 8.18. The van der Waals surface area contributed by atoms with Crippen molar-refractivity contribution in [3.8, 4) is 0 Å². The second-order valence-electron chi connectivity index (χ2n) is 5.56. The molecule has 2 heterocycles. The third-order valence-electron chi connectivity index (χ3n) is 4.14. The van der Waals surface area contributed by atoms with Crippen LogP contribution < -0.4 is 5.32 Å². The molecular formula is C16H29N3O2. The molecule has 1 N–H and O–H groups in total. The topological polar surface area (TPSA) is 48.3 Å². The summed E-state index contributed by atoms with van der Waals surface area (Å²) in [7, 11) is 1.73. The number of hydrogen-bond donors (Lipinski definition) is 1. The number of aryl methyl sites for hydroxylation is 1. The number of nitrogens with zero attached hydrogens (tertiary/aromatic N) is 2. The van der Waals surface area contributed by atoms with Crippen LogP contribution in [0.5, 0.6) is 0 Å². The molecule has 5 heteroatoms. The van der Waals surface area contributed by atoms with Crippen molar-refractivity contribution in [2.45, 2.75) is 52.1 Å². The number of hydrogen-bond acceptors (Lipinski definition) is 4. The number of nitrogens with one attached hydrogen (secondary N) is 1. The Morgan fingerprint density at radius 2 is 2.24 bits per heavy atom. The maximum absolute atomic E-state index is 5.64. The Balaban J connectivity index is 2.15. The summed E-state index contributed by atoms with van der Waals surface area (Å²) in [5.74, 6) is 0. The quantitative estimate of drug-likeness (QED) is 0.746. The lowest BCUT2D eigenvalue weighted by Crippen LogP contribution is -2.24. The van der Waals surface area contributed by atoms with Gasteiger partial charge in [-0.1, -0.05) is 13.8 Å². The molecule has 0 aromatic carbocycles. The van der Waals surface area contributed by atoms with Gasteiger partial charge in [0.25, 0.3) is 0 Å². The second-order valence-corrected chi connectivity index (χ2v) is 5.56. The SMILES string of the molecule is CCc1nn(C2CCCOC2)c(CC)c1CNCCOC. The van der Waals surface area contributed by atoms with Crippen molar-refractivity contribution in [3.63, 3.8) is 0 Å². The Bertz CT molecular complexity index is 425. The fourth-order valence-corrected chi connectivity index (χ4v) is 3.03. The average Bonchev–Trinajstić information content (AvgIpc) is 2.90. The van der Waals surface area contributed by atoms with E-state index in [1.165, 1.54) is 23.4 Å². The summed E-state index contributed by atoms with van der Waals surface area (Å²) in [5.41, 5.74) is 3.97. The lowest BCUT2D eigenvalue weighted by molar-refractivity contribution is 0.0538. The van der Waals surface area contributed by atoms with E-state index in [2.05, 4.69) is 23.8 Å². The van der Waals surface area contributed by atoms with E-state index in [9.17, 15) is 0 Å². The minimum Gasteiger partial charge on any atom is -0.383 e. The maximum atomic E-state index is 5.64. The van der Waals surface area contributed by atoms with Gasteiger partial charge in [-0.2, -0.15) is 5.10 Å². The van der Waals surface area contributed by atoms with E-state index in [4.69, 9.17) is 14.6 Å². The van der Waals surface area contributed by atoms with Crippen molar-refractivity contribution in [3.05, 3.63) is 17.0 Å². The molecule has 120 valence electrons. The molecular weight excluding hydrogens is 266 g/mol. The first kappa shape index (κ1) is 16.5. The lowest BCUT2D eigenvalue weighted by atomic mass is 10.1. The van der Waals surface area contributed by atoms with Crippen LogP contribution in [0, 0.1) is 0 Å². The van der Waals surface area contributed by atoms with Crippen molar-refractivity contribution in [2.75, 3.05) is 33.5 Å². The summed E-state index contributed by atoms with van der Waals surface area (Å²) in [6.07, 6.45) is 4.31. The molecule has 0 aliphatic carbocycles. The van der Waals surface area contributed by atoms with Gasteiger partial charge >= 0.3 is 0 Å². The Morgan fingerprint density at radius 1 is 1.38 bits per heavy atom. The van der Waals surface area contributed by atoms with Crippen LogP contribution in [0.4, 0.5) is 0 Å². The van der Waals surface area contributed by atoms with Crippen LogP contribution in [0.15, 0.2) is 0 Å². The van der Waals surface area contributed by atoms with Gasteiger partial charge in [-0.3, -0.25) is 4.68 Å². The molecule has 1 aromatic rings. The van der Waals surface area contributed by atoms with Crippen LogP contribution in [0.1, 0.15) is 49.7 Å². The standard InChI is InChI=1S/C16H29N3O2/c1-4-15-14(11-17-8-10-20-3)16(5-2)19(18-15)13-7-6-9-21-12-13/h13,17H,4-12H2,1-3H3. The third kappa shape index (κ3) is 4.05. The van der Waals surface area contributed by atoms with Gasteiger partial charge in [0, 0.05) is 38.1 Å². The lowest BCUT2D eigenvalue weighted by Gasteiger charge is -2.24. The van der Waals surface area contributed by atoms with Crippen LogP contribution in [0.2, 0.25) is 0 Å². The van der Waals surface area contributed by atoms with Gasteiger partial charge in [0.1, 0.15) is 0 Å². The van der Waals surface area contributed by atoms with Gasteiger partial charge in [0.05, 0.1) is 24.9 Å². The van der Waals surface area contributed by atoms with Crippen molar-refractivity contribution in [2.24, 2.45) is 0 Å². The highest BCUT2D eigenvalue weighted by Crippen LogP contribution is 2.25. The van der Waals surface area contributed by atoms with Crippen LogP contribution in [0.25, 0.3) is 0 Å². The number of ether oxygens (including phenoxy) is 2. The molecule has 1 aliphatic heterocycles. The molecule has 1 saturated heterocycles.